The molecule has 0 aliphatic carbocycles. The van der Waals surface area contributed by atoms with Crippen molar-refractivity contribution in [2.75, 3.05) is 12.4 Å². The maximum Gasteiger partial charge on any atom is 0.329 e. The molecule has 0 aliphatic heterocycles. The molecule has 12 heteroatoms. The molecule has 4 N–H and O–H groups in total. The Bertz CT molecular complexity index is 1150. The number of nitrogens with zero attached hydrogens (tertiary/aromatic N) is 3. The number of fused-ring (bicyclic) bond motifs is 1. The number of nitrogens with two attached hydrogens (primary N) is 1. The molecule has 154 valence electrons. The van der Waals surface area contributed by atoms with Crippen molar-refractivity contribution in [3.63, 3.8) is 0 Å². The molecule has 1 atom stereocenters. The number of H-pyrrole nitrogens is 1. The number of aromatic amines is 1. The number of imidazole rings is 1. The summed E-state index contributed by atoms with van der Waals surface area (Å²) < 4.78 is 8.15. The summed E-state index contributed by atoms with van der Waals surface area (Å²) in [5, 5.41) is 11.3. The molecule has 3 rings (SSSR count). The number of amides is 1. The first kappa shape index (κ1) is 21.0. The van der Waals surface area contributed by atoms with E-state index in [-0.39, 0.29) is 35.2 Å². The van der Waals surface area contributed by atoms with Crippen molar-refractivity contribution in [1.29, 1.82) is 0 Å². The first-order valence-corrected chi connectivity index (χ1v) is 9.79. The summed E-state index contributed by atoms with van der Waals surface area (Å²) in [6.45, 7) is -0.114. The molecule has 0 fully saturated rings. The van der Waals surface area contributed by atoms with E-state index in [1.54, 1.807) is 24.3 Å². The van der Waals surface area contributed by atoms with Crippen LogP contribution >= 0.6 is 23.4 Å². The molecule has 10 nitrogen and oxygen atoms in total. The highest BCUT2D eigenvalue weighted by Crippen LogP contribution is 2.22. The number of hydrogen-bond acceptors (Lipinski definition) is 7. The van der Waals surface area contributed by atoms with Crippen LogP contribution in [-0.4, -0.2) is 48.6 Å². The van der Waals surface area contributed by atoms with Crippen LogP contribution in [-0.2, 0) is 18.4 Å². The van der Waals surface area contributed by atoms with Crippen LogP contribution in [0.5, 0.6) is 5.75 Å². The van der Waals surface area contributed by atoms with Crippen molar-refractivity contribution in [1.82, 2.24) is 19.1 Å². The number of primary amides is 1. The van der Waals surface area contributed by atoms with E-state index in [1.165, 1.54) is 16.2 Å². The maximum atomic E-state index is 12.4. The third-order valence-electron chi connectivity index (χ3n) is 3.96. The molecule has 2 heterocycles. The smallest absolute Gasteiger partial charge is 0.329 e. The lowest BCUT2D eigenvalue weighted by Crippen LogP contribution is -2.30. The average molecular weight is 440 g/mol. The predicted molar refractivity (Wildman–Crippen MR) is 108 cm³/mol. The van der Waals surface area contributed by atoms with E-state index in [0.717, 1.165) is 11.8 Å². The first-order chi connectivity index (χ1) is 13.8. The van der Waals surface area contributed by atoms with E-state index in [2.05, 4.69) is 9.97 Å². The summed E-state index contributed by atoms with van der Waals surface area (Å²) in [6, 6.07) is 6.64. The van der Waals surface area contributed by atoms with Crippen LogP contribution < -0.4 is 21.7 Å². The highest BCUT2D eigenvalue weighted by Gasteiger charge is 2.20. The molecule has 2 aromatic heterocycles. The zero-order valence-corrected chi connectivity index (χ0v) is 16.9. The van der Waals surface area contributed by atoms with Crippen LogP contribution in [0.25, 0.3) is 11.2 Å². The van der Waals surface area contributed by atoms with Crippen molar-refractivity contribution in [3.8, 4) is 5.75 Å². The molecule has 0 aliphatic rings. The number of carbonyl (C=O) groups excluding carboxylic acids is 1. The van der Waals surface area contributed by atoms with Gasteiger partial charge in [-0.2, -0.15) is 0 Å². The van der Waals surface area contributed by atoms with E-state index in [0.29, 0.717) is 10.8 Å². The van der Waals surface area contributed by atoms with Gasteiger partial charge in [0.25, 0.3) is 5.56 Å². The van der Waals surface area contributed by atoms with E-state index < -0.39 is 23.3 Å². The second-order valence-electron chi connectivity index (χ2n) is 6.17. The molecule has 29 heavy (non-hydrogen) atoms. The predicted octanol–water partition coefficient (Wildman–Crippen LogP) is 0.0940. The summed E-state index contributed by atoms with van der Waals surface area (Å²) in [4.78, 5) is 41.8. The summed E-state index contributed by atoms with van der Waals surface area (Å²) in [5.41, 5.74) is 4.16. The Kier molecular flexibility index (Phi) is 6.30. The number of carbonyl (C=O) groups is 1. The fourth-order valence-electron chi connectivity index (χ4n) is 2.62. The van der Waals surface area contributed by atoms with Crippen LogP contribution in [0, 0.1) is 0 Å². The standard InChI is InChI=1S/C17H18ClN5O5S/c1-22-14-13(15(26)21-16(22)27)23(17(20-14)29-8-12(19)25)6-10(24)7-28-11-4-2-9(18)3-5-11/h2-5,10,24H,6-8H2,1H3,(H2,19,25)(H,21,26,27)/t10-/m1/s1. The molecule has 0 bridgehead atoms. The van der Waals surface area contributed by atoms with Crippen molar-refractivity contribution in [2.45, 2.75) is 17.8 Å². The summed E-state index contributed by atoms with van der Waals surface area (Å²) in [5.74, 6) is -0.123. The zero-order valence-electron chi connectivity index (χ0n) is 15.3. The molecule has 0 unspecified atom stereocenters. The summed E-state index contributed by atoms with van der Waals surface area (Å²) in [6.07, 6.45) is -1.01. The number of aliphatic hydroxyl groups is 1. The lowest BCUT2D eigenvalue weighted by atomic mass is 10.3. The van der Waals surface area contributed by atoms with E-state index in [1.807, 2.05) is 0 Å². The van der Waals surface area contributed by atoms with Crippen LogP contribution in [0.15, 0.2) is 39.0 Å². The molecule has 0 spiro atoms. The monoisotopic (exact) mass is 439 g/mol. The third kappa shape index (κ3) is 4.81. The van der Waals surface area contributed by atoms with Gasteiger partial charge in [0.1, 0.15) is 18.5 Å². The number of nitrogens with one attached hydrogen (secondary N) is 1. The van der Waals surface area contributed by atoms with Gasteiger partial charge in [0, 0.05) is 12.1 Å². The fraction of sp³-hybridized carbons (Fsp3) is 0.294. The minimum Gasteiger partial charge on any atom is -0.491 e. The van der Waals surface area contributed by atoms with Gasteiger partial charge < -0.3 is 20.1 Å². The molecule has 0 saturated carbocycles. The fourth-order valence-corrected chi connectivity index (χ4v) is 3.49. The molecule has 0 saturated heterocycles. The van der Waals surface area contributed by atoms with E-state index >= 15 is 0 Å². The van der Waals surface area contributed by atoms with Gasteiger partial charge in [-0.3, -0.25) is 19.1 Å². The van der Waals surface area contributed by atoms with Gasteiger partial charge in [-0.25, -0.2) is 9.78 Å². The largest absolute Gasteiger partial charge is 0.491 e. The van der Waals surface area contributed by atoms with Gasteiger partial charge in [0.15, 0.2) is 16.3 Å². The summed E-state index contributed by atoms with van der Waals surface area (Å²) >= 11 is 6.83. The van der Waals surface area contributed by atoms with Gasteiger partial charge in [-0.05, 0) is 24.3 Å². The Morgan fingerprint density at radius 2 is 2.07 bits per heavy atom. The topological polar surface area (TPSA) is 145 Å². The number of ether oxygens (including phenoxy) is 1. The Balaban J connectivity index is 1.89. The number of benzene rings is 1. The average Bonchev–Trinajstić information content (AvgIpc) is 3.03. The molecular weight excluding hydrogens is 422 g/mol. The minimum absolute atomic E-state index is 0.0491. The summed E-state index contributed by atoms with van der Waals surface area (Å²) in [7, 11) is 1.46. The van der Waals surface area contributed by atoms with Crippen LogP contribution in [0.4, 0.5) is 0 Å². The molecule has 1 amide bonds. The maximum absolute atomic E-state index is 12.4. The second-order valence-corrected chi connectivity index (χ2v) is 7.55. The lowest BCUT2D eigenvalue weighted by Gasteiger charge is -2.15. The van der Waals surface area contributed by atoms with Gasteiger partial charge in [0.2, 0.25) is 5.91 Å². The van der Waals surface area contributed by atoms with Gasteiger partial charge >= 0.3 is 5.69 Å². The number of aryl methyl sites for hydroxylation is 1. The number of aliphatic hydroxyl groups excluding tert-OH is 1. The Morgan fingerprint density at radius 1 is 1.38 bits per heavy atom. The number of hydrogen-bond donors (Lipinski definition) is 3. The molecule has 1 aromatic carbocycles. The quantitative estimate of drug-likeness (QED) is 0.422. The second kappa shape index (κ2) is 8.72. The van der Waals surface area contributed by atoms with Crippen molar-refractivity contribution < 1.29 is 14.6 Å². The third-order valence-corrected chi connectivity index (χ3v) is 5.22. The normalized spacial score (nSPS) is 12.2. The molecule has 0 radical (unpaired) electrons. The first-order valence-electron chi connectivity index (χ1n) is 8.43. The number of halogens is 1. The SMILES string of the molecule is Cn1c(=O)[nH]c(=O)c2c1nc(SCC(N)=O)n2C[C@@H](O)COc1ccc(Cl)cc1. The minimum atomic E-state index is -1.01. The highest BCUT2D eigenvalue weighted by molar-refractivity contribution is 7.99. The van der Waals surface area contributed by atoms with E-state index in [9.17, 15) is 19.5 Å². The molecular formula is C17H18ClN5O5S. The van der Waals surface area contributed by atoms with E-state index in [4.69, 9.17) is 22.1 Å². The number of thioether (sulfide) groups is 1. The Hall–Kier alpha value is -2.76. The van der Waals surface area contributed by atoms with Crippen molar-refractivity contribution in [2.24, 2.45) is 12.8 Å². The Morgan fingerprint density at radius 3 is 2.72 bits per heavy atom. The molecule has 3 aromatic rings. The van der Waals surface area contributed by atoms with Gasteiger partial charge in [-0.15, -0.1) is 0 Å². The van der Waals surface area contributed by atoms with Crippen molar-refractivity contribution in [3.05, 3.63) is 50.1 Å². The lowest BCUT2D eigenvalue weighted by molar-refractivity contribution is -0.115. The number of aromatic nitrogens is 4. The highest BCUT2D eigenvalue weighted by atomic mass is 35.5. The Labute approximate surface area is 173 Å². The van der Waals surface area contributed by atoms with Crippen LogP contribution in [0.3, 0.4) is 0 Å². The number of rotatable bonds is 8. The van der Waals surface area contributed by atoms with Crippen LogP contribution in [0.2, 0.25) is 5.02 Å². The van der Waals surface area contributed by atoms with Gasteiger partial charge in [0.05, 0.1) is 12.3 Å². The van der Waals surface area contributed by atoms with Crippen molar-refractivity contribution >= 4 is 40.4 Å². The zero-order chi connectivity index (χ0) is 21.1. The van der Waals surface area contributed by atoms with Crippen LogP contribution in [0.1, 0.15) is 0 Å². The van der Waals surface area contributed by atoms with Gasteiger partial charge in [-0.1, -0.05) is 23.4 Å².